The molecular formula is C22H21N3O3S. The molecule has 2 heterocycles. The van der Waals surface area contributed by atoms with E-state index in [2.05, 4.69) is 16.4 Å². The van der Waals surface area contributed by atoms with Crippen molar-refractivity contribution in [3.8, 4) is 17.0 Å². The van der Waals surface area contributed by atoms with E-state index in [1.807, 2.05) is 35.4 Å². The van der Waals surface area contributed by atoms with Crippen molar-refractivity contribution in [2.24, 2.45) is 0 Å². The Balaban J connectivity index is 1.53. The summed E-state index contributed by atoms with van der Waals surface area (Å²) in [5.74, 6) is 0.407. The molecule has 4 rings (SSSR count). The zero-order valence-electron chi connectivity index (χ0n) is 16.3. The maximum atomic E-state index is 12.6. The van der Waals surface area contributed by atoms with Crippen molar-refractivity contribution in [2.45, 2.75) is 19.8 Å². The van der Waals surface area contributed by atoms with Gasteiger partial charge in [-0.2, -0.15) is 0 Å². The maximum Gasteiger partial charge on any atom is 0.261 e. The van der Waals surface area contributed by atoms with E-state index in [9.17, 15) is 9.59 Å². The van der Waals surface area contributed by atoms with Crippen LogP contribution in [0.15, 0.2) is 47.8 Å². The number of rotatable bonds is 5. The fourth-order valence-electron chi connectivity index (χ4n) is 3.47. The second-order valence-corrected chi connectivity index (χ2v) is 7.54. The van der Waals surface area contributed by atoms with Gasteiger partial charge in [-0.15, -0.1) is 11.3 Å². The summed E-state index contributed by atoms with van der Waals surface area (Å²) < 4.78 is 5.25. The zero-order valence-corrected chi connectivity index (χ0v) is 17.1. The van der Waals surface area contributed by atoms with Crippen molar-refractivity contribution in [1.29, 1.82) is 0 Å². The number of methoxy groups -OCH3 is 1. The van der Waals surface area contributed by atoms with Gasteiger partial charge in [-0.3, -0.25) is 14.9 Å². The van der Waals surface area contributed by atoms with Gasteiger partial charge < -0.3 is 9.64 Å². The smallest absolute Gasteiger partial charge is 0.261 e. The van der Waals surface area contributed by atoms with Crippen LogP contribution in [0, 0.1) is 0 Å². The minimum atomic E-state index is -0.258. The predicted molar refractivity (Wildman–Crippen MR) is 115 cm³/mol. The highest BCUT2D eigenvalue weighted by atomic mass is 32.1. The molecule has 148 valence electrons. The average molecular weight is 407 g/mol. The number of ether oxygens (including phenoxy) is 1. The minimum Gasteiger partial charge on any atom is -0.496 e. The number of fused-ring (bicyclic) bond motifs is 1. The molecule has 2 amide bonds. The highest BCUT2D eigenvalue weighted by molar-refractivity contribution is 7.14. The molecule has 0 saturated carbocycles. The lowest BCUT2D eigenvalue weighted by atomic mass is 10.1. The molecule has 1 N–H and O–H groups in total. The summed E-state index contributed by atoms with van der Waals surface area (Å²) in [6.45, 7) is 2.60. The van der Waals surface area contributed by atoms with Crippen molar-refractivity contribution in [2.75, 3.05) is 23.9 Å². The van der Waals surface area contributed by atoms with Crippen LogP contribution in [0.25, 0.3) is 11.3 Å². The van der Waals surface area contributed by atoms with Crippen molar-refractivity contribution in [3.05, 3.63) is 59.0 Å². The van der Waals surface area contributed by atoms with Crippen LogP contribution in [0.3, 0.4) is 0 Å². The molecule has 0 spiro atoms. The normalized spacial score (nSPS) is 12.6. The molecule has 2 aromatic carbocycles. The topological polar surface area (TPSA) is 71.5 Å². The van der Waals surface area contributed by atoms with Crippen molar-refractivity contribution < 1.29 is 14.3 Å². The quantitative estimate of drug-likeness (QED) is 0.682. The van der Waals surface area contributed by atoms with Gasteiger partial charge in [-0.1, -0.05) is 25.1 Å². The first kappa shape index (κ1) is 19.1. The van der Waals surface area contributed by atoms with Crippen molar-refractivity contribution >= 4 is 34.0 Å². The van der Waals surface area contributed by atoms with E-state index in [0.717, 1.165) is 35.5 Å². The number of nitrogens with one attached hydrogen (secondary N) is 1. The molecule has 1 aliphatic rings. The van der Waals surface area contributed by atoms with Crippen LogP contribution in [0.5, 0.6) is 5.75 Å². The number of para-hydroxylation sites is 1. The van der Waals surface area contributed by atoms with Crippen LogP contribution in [0.2, 0.25) is 0 Å². The lowest BCUT2D eigenvalue weighted by molar-refractivity contribution is -0.118. The number of nitrogens with zero attached hydrogens (tertiary/aromatic N) is 2. The van der Waals surface area contributed by atoms with Gasteiger partial charge in [0.05, 0.1) is 18.4 Å². The highest BCUT2D eigenvalue weighted by Crippen LogP contribution is 2.34. The van der Waals surface area contributed by atoms with Gasteiger partial charge in [-0.25, -0.2) is 4.98 Å². The van der Waals surface area contributed by atoms with E-state index in [-0.39, 0.29) is 11.8 Å². The highest BCUT2D eigenvalue weighted by Gasteiger charge is 2.24. The van der Waals surface area contributed by atoms with Gasteiger partial charge in [0.2, 0.25) is 5.91 Å². The molecule has 0 radical (unpaired) electrons. The minimum absolute atomic E-state index is 0.145. The van der Waals surface area contributed by atoms with Gasteiger partial charge >= 0.3 is 0 Å². The Bertz CT molecular complexity index is 1080. The summed E-state index contributed by atoms with van der Waals surface area (Å²) in [6, 6.07) is 13.1. The number of anilines is 2. The molecule has 1 aromatic heterocycles. The maximum absolute atomic E-state index is 12.6. The number of carbonyl (C=O) groups is 2. The van der Waals surface area contributed by atoms with Crippen LogP contribution in [0.4, 0.5) is 10.8 Å². The third-order valence-corrected chi connectivity index (χ3v) is 5.71. The van der Waals surface area contributed by atoms with Crippen molar-refractivity contribution in [3.63, 3.8) is 0 Å². The third-order valence-electron chi connectivity index (χ3n) is 4.95. The standard InChI is InChI=1S/C22H21N3O3S/c1-3-20(26)25-11-10-15-12-14(8-9-18(15)25)17-13-29-22(23-17)24-21(27)16-6-4-5-7-19(16)28-2/h4-9,12-13H,3,10-11H2,1-2H3,(H,23,24,27). The molecule has 6 nitrogen and oxygen atoms in total. The molecule has 0 bridgehead atoms. The molecule has 0 unspecified atom stereocenters. The van der Waals surface area contributed by atoms with E-state index in [4.69, 9.17) is 4.74 Å². The second kappa shape index (κ2) is 8.05. The number of amides is 2. The predicted octanol–water partition coefficient (Wildman–Crippen LogP) is 4.37. The van der Waals surface area contributed by atoms with Gasteiger partial charge in [-0.05, 0) is 36.2 Å². The average Bonchev–Trinajstić information content (AvgIpc) is 3.39. The Kier molecular flexibility index (Phi) is 5.31. The van der Waals surface area contributed by atoms with E-state index in [1.54, 1.807) is 18.2 Å². The largest absolute Gasteiger partial charge is 0.496 e. The van der Waals surface area contributed by atoms with Crippen LogP contribution >= 0.6 is 11.3 Å². The van der Waals surface area contributed by atoms with Gasteiger partial charge in [0.1, 0.15) is 5.75 Å². The SMILES string of the molecule is CCC(=O)N1CCc2cc(-c3csc(NC(=O)c4ccccc4OC)n3)ccc21. The Hall–Kier alpha value is -3.19. The molecule has 0 atom stereocenters. The molecule has 1 aliphatic heterocycles. The number of carbonyl (C=O) groups excluding carboxylic acids is 2. The van der Waals surface area contributed by atoms with Crippen molar-refractivity contribution in [1.82, 2.24) is 4.98 Å². The molecule has 7 heteroatoms. The van der Waals surface area contributed by atoms with Gasteiger partial charge in [0.15, 0.2) is 5.13 Å². The van der Waals surface area contributed by atoms with E-state index in [1.165, 1.54) is 18.4 Å². The lowest BCUT2D eigenvalue weighted by Gasteiger charge is -2.16. The summed E-state index contributed by atoms with van der Waals surface area (Å²) in [7, 11) is 1.54. The first-order valence-electron chi connectivity index (χ1n) is 9.44. The number of thiazole rings is 1. The lowest BCUT2D eigenvalue weighted by Crippen LogP contribution is -2.27. The molecule has 0 aliphatic carbocycles. The van der Waals surface area contributed by atoms with Crippen LogP contribution in [0.1, 0.15) is 29.3 Å². The van der Waals surface area contributed by atoms with E-state index < -0.39 is 0 Å². The number of hydrogen-bond acceptors (Lipinski definition) is 5. The van der Waals surface area contributed by atoms with Gasteiger partial charge in [0.25, 0.3) is 5.91 Å². The Morgan fingerprint density at radius 3 is 2.86 bits per heavy atom. The van der Waals surface area contributed by atoms with E-state index in [0.29, 0.717) is 22.9 Å². The van der Waals surface area contributed by atoms with Crippen LogP contribution in [-0.2, 0) is 11.2 Å². The van der Waals surface area contributed by atoms with E-state index >= 15 is 0 Å². The van der Waals surface area contributed by atoms with Crippen LogP contribution < -0.4 is 15.0 Å². The molecule has 0 saturated heterocycles. The van der Waals surface area contributed by atoms with Gasteiger partial charge in [0, 0.05) is 29.6 Å². The van der Waals surface area contributed by atoms with Crippen LogP contribution in [-0.4, -0.2) is 30.5 Å². The zero-order chi connectivity index (χ0) is 20.4. The molecule has 29 heavy (non-hydrogen) atoms. The number of aromatic nitrogens is 1. The number of benzene rings is 2. The Labute approximate surface area is 173 Å². The first-order chi connectivity index (χ1) is 14.1. The molecular weight excluding hydrogens is 386 g/mol. The summed E-state index contributed by atoms with van der Waals surface area (Å²) in [5.41, 5.74) is 4.37. The molecule has 3 aromatic rings. The summed E-state index contributed by atoms with van der Waals surface area (Å²) in [5, 5.41) is 5.29. The fraction of sp³-hybridized carbons (Fsp3) is 0.227. The third kappa shape index (κ3) is 3.73. The number of hydrogen-bond donors (Lipinski definition) is 1. The summed E-state index contributed by atoms with van der Waals surface area (Å²) in [4.78, 5) is 31.0. The fourth-order valence-corrected chi connectivity index (χ4v) is 4.19. The Morgan fingerprint density at radius 2 is 2.07 bits per heavy atom. The Morgan fingerprint density at radius 1 is 1.24 bits per heavy atom. The summed E-state index contributed by atoms with van der Waals surface area (Å²) in [6.07, 6.45) is 1.35. The summed E-state index contributed by atoms with van der Waals surface area (Å²) >= 11 is 1.37. The monoisotopic (exact) mass is 407 g/mol. The second-order valence-electron chi connectivity index (χ2n) is 6.68. The molecule has 0 fully saturated rings. The first-order valence-corrected chi connectivity index (χ1v) is 10.3.